The first-order chi connectivity index (χ1) is 9.24. The van der Waals surface area contributed by atoms with Gasteiger partial charge in [0.15, 0.2) is 0 Å². The molecular formula is C17H28N2. The van der Waals surface area contributed by atoms with E-state index in [9.17, 15) is 0 Å². The molecule has 19 heavy (non-hydrogen) atoms. The van der Waals surface area contributed by atoms with Crippen LogP contribution in [0, 0.1) is 12.8 Å². The van der Waals surface area contributed by atoms with Crippen LogP contribution in [0.3, 0.4) is 0 Å². The largest absolute Gasteiger partial charge is 0.330 e. The van der Waals surface area contributed by atoms with Crippen molar-refractivity contribution in [2.45, 2.75) is 45.6 Å². The first-order valence-electron chi connectivity index (χ1n) is 7.75. The van der Waals surface area contributed by atoms with E-state index in [1.54, 1.807) is 0 Å². The van der Waals surface area contributed by atoms with Crippen LogP contribution in [0.2, 0.25) is 0 Å². The number of nitrogens with two attached hydrogens (primary N) is 1. The monoisotopic (exact) mass is 260 g/mol. The minimum atomic E-state index is 0.597. The summed E-state index contributed by atoms with van der Waals surface area (Å²) in [5, 5.41) is 0. The number of benzene rings is 1. The van der Waals surface area contributed by atoms with E-state index in [1.165, 1.54) is 49.9 Å². The summed E-state index contributed by atoms with van der Waals surface area (Å²) in [5.41, 5.74) is 8.50. The summed E-state index contributed by atoms with van der Waals surface area (Å²) in [6.07, 6.45) is 5.04. The quantitative estimate of drug-likeness (QED) is 0.878. The average molecular weight is 260 g/mol. The van der Waals surface area contributed by atoms with E-state index >= 15 is 0 Å². The predicted molar refractivity (Wildman–Crippen MR) is 82.2 cm³/mol. The molecule has 1 heterocycles. The van der Waals surface area contributed by atoms with Crippen molar-refractivity contribution in [1.29, 1.82) is 0 Å². The lowest BCUT2D eigenvalue weighted by atomic mass is 9.91. The van der Waals surface area contributed by atoms with Gasteiger partial charge in [-0.2, -0.15) is 0 Å². The Labute approximate surface area is 118 Å². The Morgan fingerprint density at radius 3 is 2.37 bits per heavy atom. The van der Waals surface area contributed by atoms with E-state index in [0.717, 1.165) is 12.5 Å². The molecule has 2 N–H and O–H groups in total. The van der Waals surface area contributed by atoms with E-state index in [4.69, 9.17) is 5.73 Å². The van der Waals surface area contributed by atoms with Crippen LogP contribution in [0.15, 0.2) is 24.3 Å². The lowest BCUT2D eigenvalue weighted by Crippen LogP contribution is -2.37. The van der Waals surface area contributed by atoms with Crippen LogP contribution in [0.1, 0.15) is 49.8 Å². The molecule has 1 atom stereocenters. The van der Waals surface area contributed by atoms with Crippen LogP contribution < -0.4 is 5.73 Å². The Morgan fingerprint density at radius 1 is 1.21 bits per heavy atom. The number of aryl methyl sites for hydroxylation is 1. The molecule has 0 aromatic heterocycles. The van der Waals surface area contributed by atoms with Crippen LogP contribution in [-0.2, 0) is 0 Å². The van der Waals surface area contributed by atoms with Gasteiger partial charge < -0.3 is 5.73 Å². The fraction of sp³-hybridized carbons (Fsp3) is 0.647. The van der Waals surface area contributed by atoms with Gasteiger partial charge in [-0.1, -0.05) is 36.8 Å². The van der Waals surface area contributed by atoms with E-state index in [1.807, 2.05) is 0 Å². The van der Waals surface area contributed by atoms with Gasteiger partial charge in [-0.15, -0.1) is 0 Å². The van der Waals surface area contributed by atoms with Crippen molar-refractivity contribution in [3.05, 3.63) is 35.4 Å². The highest BCUT2D eigenvalue weighted by atomic mass is 15.2. The first-order valence-corrected chi connectivity index (χ1v) is 7.75. The highest BCUT2D eigenvalue weighted by Gasteiger charge is 2.24. The standard InChI is InChI=1S/C17H28N2/c1-3-17(16-6-4-14(2)5-7-16)19-12-9-15(8-11-18)10-13-19/h4-7,15,17H,3,8-13,18H2,1-2H3. The van der Waals surface area contributed by atoms with Crippen molar-refractivity contribution >= 4 is 0 Å². The minimum Gasteiger partial charge on any atom is -0.330 e. The SMILES string of the molecule is CCC(c1ccc(C)cc1)N1CCC(CCN)CC1. The van der Waals surface area contributed by atoms with Crippen LogP contribution >= 0.6 is 0 Å². The number of hydrogen-bond acceptors (Lipinski definition) is 2. The van der Waals surface area contributed by atoms with Gasteiger partial charge in [0.2, 0.25) is 0 Å². The molecular weight excluding hydrogens is 232 g/mol. The van der Waals surface area contributed by atoms with Crippen LogP contribution in [0.25, 0.3) is 0 Å². The Bertz CT molecular complexity index is 363. The summed E-state index contributed by atoms with van der Waals surface area (Å²) in [5.74, 6) is 0.858. The smallest absolute Gasteiger partial charge is 0.0345 e. The predicted octanol–water partition coefficient (Wildman–Crippen LogP) is 3.51. The second-order valence-electron chi connectivity index (χ2n) is 5.89. The molecule has 1 aromatic rings. The first kappa shape index (κ1) is 14.5. The van der Waals surface area contributed by atoms with Crippen molar-refractivity contribution in [2.24, 2.45) is 11.7 Å². The van der Waals surface area contributed by atoms with Crippen molar-refractivity contribution in [2.75, 3.05) is 19.6 Å². The lowest BCUT2D eigenvalue weighted by Gasteiger charge is -2.37. The maximum absolute atomic E-state index is 5.67. The van der Waals surface area contributed by atoms with Crippen molar-refractivity contribution < 1.29 is 0 Å². The van der Waals surface area contributed by atoms with Crippen LogP contribution in [0.5, 0.6) is 0 Å². The molecule has 2 nitrogen and oxygen atoms in total. The molecule has 1 unspecified atom stereocenters. The molecule has 0 radical (unpaired) electrons. The Kier molecular flexibility index (Phi) is 5.41. The lowest BCUT2D eigenvalue weighted by molar-refractivity contribution is 0.126. The number of nitrogens with zero attached hydrogens (tertiary/aromatic N) is 1. The van der Waals surface area contributed by atoms with Crippen molar-refractivity contribution in [3.8, 4) is 0 Å². The number of hydrogen-bond donors (Lipinski definition) is 1. The fourth-order valence-corrected chi connectivity index (χ4v) is 3.28. The Morgan fingerprint density at radius 2 is 1.84 bits per heavy atom. The molecule has 2 heteroatoms. The number of rotatable bonds is 5. The van der Waals surface area contributed by atoms with Crippen LogP contribution in [-0.4, -0.2) is 24.5 Å². The van der Waals surface area contributed by atoms with Gasteiger partial charge in [-0.3, -0.25) is 4.90 Å². The third-order valence-electron chi connectivity index (χ3n) is 4.51. The summed E-state index contributed by atoms with van der Waals surface area (Å²) in [4.78, 5) is 2.66. The van der Waals surface area contributed by atoms with Gasteiger partial charge >= 0.3 is 0 Å². The average Bonchev–Trinajstić information content (AvgIpc) is 2.44. The Balaban J connectivity index is 1.97. The molecule has 1 aliphatic rings. The van der Waals surface area contributed by atoms with Crippen LogP contribution in [0.4, 0.5) is 0 Å². The Hall–Kier alpha value is -0.860. The molecule has 1 fully saturated rings. The van der Waals surface area contributed by atoms with E-state index in [2.05, 4.69) is 43.0 Å². The van der Waals surface area contributed by atoms with E-state index in [-0.39, 0.29) is 0 Å². The molecule has 0 spiro atoms. The van der Waals surface area contributed by atoms with Gasteiger partial charge in [0.25, 0.3) is 0 Å². The minimum absolute atomic E-state index is 0.597. The van der Waals surface area contributed by atoms with Gasteiger partial charge in [-0.05, 0) is 63.7 Å². The molecule has 2 rings (SSSR count). The van der Waals surface area contributed by atoms with Crippen molar-refractivity contribution in [1.82, 2.24) is 4.90 Å². The molecule has 106 valence electrons. The summed E-state index contributed by atoms with van der Waals surface area (Å²) >= 11 is 0. The molecule has 0 amide bonds. The zero-order valence-corrected chi connectivity index (χ0v) is 12.4. The second kappa shape index (κ2) is 7.06. The molecule has 0 saturated carbocycles. The second-order valence-corrected chi connectivity index (χ2v) is 5.89. The summed E-state index contributed by atoms with van der Waals surface area (Å²) < 4.78 is 0. The highest BCUT2D eigenvalue weighted by molar-refractivity contribution is 5.24. The maximum atomic E-state index is 5.67. The molecule has 0 aliphatic carbocycles. The number of likely N-dealkylation sites (tertiary alicyclic amines) is 1. The van der Waals surface area contributed by atoms with E-state index < -0.39 is 0 Å². The van der Waals surface area contributed by atoms with Gasteiger partial charge in [0.1, 0.15) is 0 Å². The van der Waals surface area contributed by atoms with Gasteiger partial charge in [0, 0.05) is 6.04 Å². The molecule has 0 bridgehead atoms. The fourth-order valence-electron chi connectivity index (χ4n) is 3.28. The zero-order valence-electron chi connectivity index (χ0n) is 12.4. The molecule has 1 aromatic carbocycles. The van der Waals surface area contributed by atoms with Crippen molar-refractivity contribution in [3.63, 3.8) is 0 Å². The summed E-state index contributed by atoms with van der Waals surface area (Å²) in [7, 11) is 0. The number of piperidine rings is 1. The maximum Gasteiger partial charge on any atom is 0.0345 e. The summed E-state index contributed by atoms with van der Waals surface area (Å²) in [6.45, 7) is 7.77. The highest BCUT2D eigenvalue weighted by Crippen LogP contribution is 2.30. The van der Waals surface area contributed by atoms with Gasteiger partial charge in [0.05, 0.1) is 0 Å². The molecule has 1 aliphatic heterocycles. The van der Waals surface area contributed by atoms with E-state index in [0.29, 0.717) is 6.04 Å². The normalized spacial score (nSPS) is 19.5. The van der Waals surface area contributed by atoms with Gasteiger partial charge in [-0.25, -0.2) is 0 Å². The topological polar surface area (TPSA) is 29.3 Å². The third-order valence-corrected chi connectivity index (χ3v) is 4.51. The summed E-state index contributed by atoms with van der Waals surface area (Å²) in [6, 6.07) is 9.67. The molecule has 1 saturated heterocycles. The zero-order chi connectivity index (χ0) is 13.7. The third kappa shape index (κ3) is 3.80.